The maximum absolute atomic E-state index is 12.8. The zero-order valence-electron chi connectivity index (χ0n) is 10.3. The molecule has 2 nitrogen and oxygen atoms in total. The SMILES string of the molecule is CSC(NC(=O)c1ccc(F)cc1)=C(SC)SC. The van der Waals surface area contributed by atoms with E-state index in [1.54, 1.807) is 23.5 Å². The molecule has 0 saturated heterocycles. The van der Waals surface area contributed by atoms with Crippen molar-refractivity contribution in [2.45, 2.75) is 0 Å². The molecule has 1 N–H and O–H groups in total. The number of thioether (sulfide) groups is 3. The summed E-state index contributed by atoms with van der Waals surface area (Å²) in [5, 5.41) is 3.67. The van der Waals surface area contributed by atoms with Crippen molar-refractivity contribution in [3.05, 3.63) is 44.9 Å². The van der Waals surface area contributed by atoms with Crippen LogP contribution in [-0.2, 0) is 0 Å². The summed E-state index contributed by atoms with van der Waals surface area (Å²) in [6, 6.07) is 5.50. The monoisotopic (exact) mass is 303 g/mol. The molecule has 0 saturated carbocycles. The van der Waals surface area contributed by atoms with E-state index in [4.69, 9.17) is 0 Å². The molecule has 18 heavy (non-hydrogen) atoms. The quantitative estimate of drug-likeness (QED) is 0.896. The third-order valence-corrected chi connectivity index (χ3v) is 5.22. The number of amides is 1. The van der Waals surface area contributed by atoms with Gasteiger partial charge in [0.25, 0.3) is 5.91 Å². The van der Waals surface area contributed by atoms with Crippen LogP contribution in [0.2, 0.25) is 0 Å². The van der Waals surface area contributed by atoms with E-state index in [1.165, 1.54) is 36.0 Å². The highest BCUT2D eigenvalue weighted by Gasteiger charge is 2.10. The lowest BCUT2D eigenvalue weighted by atomic mass is 10.2. The first kappa shape index (κ1) is 15.5. The number of rotatable bonds is 5. The van der Waals surface area contributed by atoms with Gasteiger partial charge in [-0.25, -0.2) is 4.39 Å². The molecule has 0 aliphatic rings. The molecule has 0 fully saturated rings. The van der Waals surface area contributed by atoms with E-state index < -0.39 is 0 Å². The van der Waals surface area contributed by atoms with Gasteiger partial charge in [-0.1, -0.05) is 0 Å². The van der Waals surface area contributed by atoms with Crippen LogP contribution in [0, 0.1) is 5.82 Å². The second kappa shape index (κ2) is 7.76. The number of hydrogen-bond donors (Lipinski definition) is 1. The third-order valence-electron chi connectivity index (χ3n) is 2.09. The summed E-state index contributed by atoms with van der Waals surface area (Å²) in [5.41, 5.74) is 0.449. The van der Waals surface area contributed by atoms with Gasteiger partial charge >= 0.3 is 0 Å². The lowest BCUT2D eigenvalue weighted by Gasteiger charge is -2.11. The van der Waals surface area contributed by atoms with Crippen LogP contribution in [0.15, 0.2) is 33.5 Å². The first-order valence-electron chi connectivity index (χ1n) is 5.05. The van der Waals surface area contributed by atoms with Crippen molar-refractivity contribution < 1.29 is 9.18 Å². The van der Waals surface area contributed by atoms with Gasteiger partial charge in [-0.05, 0) is 43.0 Å². The molecule has 0 aliphatic heterocycles. The summed E-state index contributed by atoms with van der Waals surface area (Å²) in [6.07, 6.45) is 5.84. The van der Waals surface area contributed by atoms with Crippen molar-refractivity contribution in [2.24, 2.45) is 0 Å². The highest BCUT2D eigenvalue weighted by atomic mass is 32.2. The van der Waals surface area contributed by atoms with Crippen LogP contribution < -0.4 is 5.32 Å². The molecular formula is C12H14FNOS3. The standard InChI is InChI=1S/C12H14FNOS3/c1-16-11(12(17-2)18-3)14-10(15)8-4-6-9(13)7-5-8/h4-7H,1-3H3,(H,14,15). The first-order chi connectivity index (χ1) is 8.62. The van der Waals surface area contributed by atoms with Crippen molar-refractivity contribution in [1.29, 1.82) is 0 Å². The smallest absolute Gasteiger partial charge is 0.256 e. The number of hydrogen-bond acceptors (Lipinski definition) is 4. The second-order valence-corrected chi connectivity index (χ2v) is 5.90. The van der Waals surface area contributed by atoms with Gasteiger partial charge in [0.1, 0.15) is 5.82 Å². The Labute approximate surface area is 119 Å². The maximum Gasteiger partial charge on any atom is 0.256 e. The summed E-state index contributed by atoms with van der Waals surface area (Å²) >= 11 is 4.66. The Bertz CT molecular complexity index is 439. The number of nitrogens with one attached hydrogen (secondary N) is 1. The van der Waals surface area contributed by atoms with E-state index in [1.807, 2.05) is 18.8 Å². The topological polar surface area (TPSA) is 29.1 Å². The second-order valence-electron chi connectivity index (χ2n) is 3.19. The molecule has 0 heterocycles. The summed E-state index contributed by atoms with van der Waals surface area (Å²) in [5.74, 6) is -0.568. The van der Waals surface area contributed by atoms with E-state index in [9.17, 15) is 9.18 Å². The molecule has 1 aromatic carbocycles. The molecule has 0 aromatic heterocycles. The van der Waals surface area contributed by atoms with Gasteiger partial charge in [0.15, 0.2) is 0 Å². The lowest BCUT2D eigenvalue weighted by Crippen LogP contribution is -2.21. The van der Waals surface area contributed by atoms with E-state index in [0.29, 0.717) is 5.56 Å². The van der Waals surface area contributed by atoms with Gasteiger partial charge in [0.05, 0.1) is 9.27 Å². The Morgan fingerprint density at radius 3 is 2.06 bits per heavy atom. The number of halogens is 1. The van der Waals surface area contributed by atoms with Crippen LogP contribution in [0.25, 0.3) is 0 Å². The van der Waals surface area contributed by atoms with E-state index in [0.717, 1.165) is 9.27 Å². The van der Waals surface area contributed by atoms with Gasteiger partial charge in [-0.15, -0.1) is 35.3 Å². The van der Waals surface area contributed by atoms with Crippen molar-refractivity contribution >= 4 is 41.2 Å². The Hall–Kier alpha value is -0.590. The third kappa shape index (κ3) is 4.26. The number of benzene rings is 1. The van der Waals surface area contributed by atoms with E-state index in [-0.39, 0.29) is 11.7 Å². The minimum absolute atomic E-state index is 0.222. The fraction of sp³-hybridized carbons (Fsp3) is 0.250. The molecule has 0 radical (unpaired) electrons. The van der Waals surface area contributed by atoms with Crippen LogP contribution in [0.5, 0.6) is 0 Å². The molecule has 0 aliphatic carbocycles. The molecule has 1 rings (SSSR count). The molecule has 0 atom stereocenters. The summed E-state index contributed by atoms with van der Waals surface area (Å²) in [6.45, 7) is 0. The van der Waals surface area contributed by atoms with Gasteiger partial charge in [0.2, 0.25) is 0 Å². The Morgan fingerprint density at radius 2 is 1.61 bits per heavy atom. The predicted octanol–water partition coefficient (Wildman–Crippen LogP) is 3.77. The summed E-state index contributed by atoms with van der Waals surface area (Å²) < 4.78 is 13.8. The minimum Gasteiger partial charge on any atom is -0.315 e. The van der Waals surface area contributed by atoms with Crippen molar-refractivity contribution in [3.63, 3.8) is 0 Å². The lowest BCUT2D eigenvalue weighted by molar-refractivity contribution is 0.0969. The number of carbonyl (C=O) groups is 1. The zero-order valence-corrected chi connectivity index (χ0v) is 12.8. The molecule has 0 spiro atoms. The van der Waals surface area contributed by atoms with E-state index >= 15 is 0 Å². The maximum atomic E-state index is 12.8. The highest BCUT2D eigenvalue weighted by molar-refractivity contribution is 8.22. The molecule has 0 unspecified atom stereocenters. The van der Waals surface area contributed by atoms with Gasteiger partial charge < -0.3 is 5.32 Å². The molecule has 6 heteroatoms. The summed E-state index contributed by atoms with van der Waals surface area (Å²) in [4.78, 5) is 12.0. The van der Waals surface area contributed by atoms with Crippen LogP contribution in [0.4, 0.5) is 4.39 Å². The van der Waals surface area contributed by atoms with Gasteiger partial charge in [-0.3, -0.25) is 4.79 Å². The van der Waals surface area contributed by atoms with E-state index in [2.05, 4.69) is 5.32 Å². The summed E-state index contributed by atoms with van der Waals surface area (Å²) in [7, 11) is 0. The Balaban J connectivity index is 2.86. The van der Waals surface area contributed by atoms with Crippen LogP contribution in [-0.4, -0.2) is 24.7 Å². The largest absolute Gasteiger partial charge is 0.315 e. The van der Waals surface area contributed by atoms with Crippen molar-refractivity contribution in [1.82, 2.24) is 5.32 Å². The number of carbonyl (C=O) groups excluding carboxylic acids is 1. The first-order valence-corrected chi connectivity index (χ1v) is 8.73. The Kier molecular flexibility index (Phi) is 6.67. The fourth-order valence-electron chi connectivity index (χ4n) is 1.23. The zero-order chi connectivity index (χ0) is 13.5. The molecule has 98 valence electrons. The average Bonchev–Trinajstić information content (AvgIpc) is 2.39. The molecule has 1 aromatic rings. The van der Waals surface area contributed by atoms with Gasteiger partial charge in [0, 0.05) is 5.56 Å². The van der Waals surface area contributed by atoms with Gasteiger partial charge in [-0.2, -0.15) is 0 Å². The molecule has 0 bridgehead atoms. The van der Waals surface area contributed by atoms with Crippen molar-refractivity contribution in [3.8, 4) is 0 Å². The minimum atomic E-state index is -0.346. The normalized spacial score (nSPS) is 10.0. The predicted molar refractivity (Wildman–Crippen MR) is 81.4 cm³/mol. The fourth-order valence-corrected chi connectivity index (χ4v) is 3.73. The Morgan fingerprint density at radius 1 is 1.06 bits per heavy atom. The van der Waals surface area contributed by atoms with Crippen LogP contribution in [0.3, 0.4) is 0 Å². The highest BCUT2D eigenvalue weighted by Crippen LogP contribution is 2.30. The van der Waals surface area contributed by atoms with Crippen molar-refractivity contribution in [2.75, 3.05) is 18.8 Å². The molecule has 1 amide bonds. The average molecular weight is 303 g/mol. The van der Waals surface area contributed by atoms with Crippen LogP contribution in [0.1, 0.15) is 10.4 Å². The van der Waals surface area contributed by atoms with Crippen LogP contribution >= 0.6 is 35.3 Å². The molecular weight excluding hydrogens is 289 g/mol.